The lowest BCUT2D eigenvalue weighted by Gasteiger charge is -2.47. The van der Waals surface area contributed by atoms with Crippen LogP contribution in [0, 0.1) is 11.8 Å². The second kappa shape index (κ2) is 11.3. The molecule has 5 N–H and O–H groups in total. The molecule has 3 aliphatic heterocycles. The van der Waals surface area contributed by atoms with Gasteiger partial charge in [0.05, 0.1) is 18.0 Å². The van der Waals surface area contributed by atoms with E-state index in [9.17, 15) is 37.5 Å². The number of amidine groups is 1. The summed E-state index contributed by atoms with van der Waals surface area (Å²) in [4.78, 5) is 52.8. The van der Waals surface area contributed by atoms with Crippen LogP contribution in [0.2, 0.25) is 0 Å². The predicted molar refractivity (Wildman–Crippen MR) is 129 cm³/mol. The van der Waals surface area contributed by atoms with E-state index in [0.717, 1.165) is 0 Å². The molecule has 13 nitrogen and oxygen atoms in total. The first-order chi connectivity index (χ1) is 17.6. The number of rotatable bonds is 9. The zero-order valence-corrected chi connectivity index (χ0v) is 21.8. The van der Waals surface area contributed by atoms with Gasteiger partial charge in [0, 0.05) is 42.8 Å². The van der Waals surface area contributed by atoms with Gasteiger partial charge in [0.15, 0.2) is 0 Å². The molecule has 0 saturated carbocycles. The summed E-state index contributed by atoms with van der Waals surface area (Å²) in [5.74, 6) is -5.26. The van der Waals surface area contributed by atoms with Gasteiger partial charge in [0.25, 0.3) is 0 Å². The molecule has 0 aromatic carbocycles. The monoisotopic (exact) mass is 562 g/mol. The summed E-state index contributed by atoms with van der Waals surface area (Å²) in [7, 11) is 3.32. The van der Waals surface area contributed by atoms with Gasteiger partial charge in [0.2, 0.25) is 23.6 Å². The van der Waals surface area contributed by atoms with Crippen molar-refractivity contribution in [3.8, 4) is 0 Å². The average molecular weight is 563 g/mol. The Bertz CT molecular complexity index is 1100. The van der Waals surface area contributed by atoms with Crippen molar-refractivity contribution >= 4 is 41.3 Å². The van der Waals surface area contributed by atoms with E-state index < -0.39 is 54.3 Å². The van der Waals surface area contributed by atoms with Crippen LogP contribution in [0.3, 0.4) is 0 Å². The van der Waals surface area contributed by atoms with E-state index in [1.807, 2.05) is 6.92 Å². The minimum absolute atomic E-state index is 0.0699. The lowest BCUT2D eigenvalue weighted by Crippen LogP contribution is -2.66. The van der Waals surface area contributed by atoms with Crippen molar-refractivity contribution in [3.05, 3.63) is 10.6 Å². The van der Waals surface area contributed by atoms with Gasteiger partial charge >= 0.3 is 12.1 Å². The Morgan fingerprint density at radius 1 is 1.34 bits per heavy atom. The number of carboxylic acids is 1. The maximum absolute atomic E-state index is 13.0. The normalized spacial score (nSPS) is 28.4. The first-order valence-corrected chi connectivity index (χ1v) is 12.5. The third kappa shape index (κ3) is 5.92. The van der Waals surface area contributed by atoms with Crippen molar-refractivity contribution in [2.24, 2.45) is 33.0 Å². The first kappa shape index (κ1) is 29.3. The van der Waals surface area contributed by atoms with Crippen LogP contribution < -0.4 is 16.4 Å². The zero-order chi connectivity index (χ0) is 28.5. The molecule has 2 fully saturated rings. The summed E-state index contributed by atoms with van der Waals surface area (Å²) in [6.45, 7) is 3.24. The molecule has 3 rings (SSSR count). The standard InChI is InChI=1S/C21H29F3N8O5S/c1-8-14-13(9(2)28-12(33)7-27-30-29-20(25)21(22,23)24)18(35)32(14)15(19(36)37)16(8)38-10-5-11(26-6-10)17(34)31(3)4/h8-11,13-14,26H,5-7H2,1-4H3,(H,28,33)(H,36,37)(H2,25,27,29)/t8-,9-,10+,11+,13-,14-/m1/s1. The minimum atomic E-state index is -4.87. The van der Waals surface area contributed by atoms with Gasteiger partial charge in [-0.1, -0.05) is 6.92 Å². The number of hydrogen-bond donors (Lipinski definition) is 4. The maximum atomic E-state index is 13.0. The van der Waals surface area contributed by atoms with Crippen LogP contribution in [-0.2, 0) is 19.2 Å². The number of nitrogens with one attached hydrogen (secondary N) is 2. The largest absolute Gasteiger partial charge is 0.477 e. The van der Waals surface area contributed by atoms with E-state index in [4.69, 9.17) is 0 Å². The summed E-state index contributed by atoms with van der Waals surface area (Å²) < 4.78 is 36.8. The number of carbonyl (C=O) groups is 4. The number of carboxylic acid groups (broad SMARTS) is 1. The Morgan fingerprint density at radius 2 is 2.00 bits per heavy atom. The molecule has 3 amide bonds. The highest BCUT2D eigenvalue weighted by molar-refractivity contribution is 8.03. The fraction of sp³-hybridized carbons (Fsp3) is 0.667. The van der Waals surface area contributed by atoms with Crippen LogP contribution in [0.1, 0.15) is 20.3 Å². The Kier molecular flexibility index (Phi) is 8.70. The fourth-order valence-corrected chi connectivity index (χ4v) is 6.27. The van der Waals surface area contributed by atoms with E-state index in [-0.39, 0.29) is 28.8 Å². The molecular weight excluding hydrogens is 533 g/mol. The Labute approximate surface area is 220 Å². The van der Waals surface area contributed by atoms with Gasteiger partial charge in [0.1, 0.15) is 12.2 Å². The molecule has 2 saturated heterocycles. The molecule has 0 unspecified atom stereocenters. The number of amides is 3. The Hall–Kier alpha value is -3.21. The molecule has 0 spiro atoms. The van der Waals surface area contributed by atoms with Gasteiger partial charge < -0.3 is 31.3 Å². The van der Waals surface area contributed by atoms with Crippen LogP contribution >= 0.6 is 11.8 Å². The Balaban J connectivity index is 1.64. The van der Waals surface area contributed by atoms with Crippen molar-refractivity contribution in [2.45, 2.75) is 49.8 Å². The number of hydrogen-bond acceptors (Lipinski definition) is 8. The van der Waals surface area contributed by atoms with Crippen LogP contribution in [0.15, 0.2) is 26.0 Å². The average Bonchev–Trinajstić information content (AvgIpc) is 3.37. The van der Waals surface area contributed by atoms with Crippen LogP contribution in [0.5, 0.6) is 0 Å². The second-order valence-electron chi connectivity index (χ2n) is 9.43. The lowest BCUT2D eigenvalue weighted by molar-refractivity contribution is -0.158. The third-order valence-electron chi connectivity index (χ3n) is 6.56. The molecule has 3 aliphatic rings. The number of fused-ring (bicyclic) bond motifs is 1. The number of aliphatic carboxylic acids is 1. The van der Waals surface area contributed by atoms with E-state index in [1.165, 1.54) is 21.6 Å². The fourth-order valence-electron chi connectivity index (χ4n) is 4.79. The smallest absolute Gasteiger partial charge is 0.450 e. The van der Waals surface area contributed by atoms with E-state index in [1.54, 1.807) is 21.0 Å². The molecular formula is C21H29F3N8O5S. The summed E-state index contributed by atoms with van der Waals surface area (Å²) in [5, 5.41) is 24.3. The SMILES string of the molecule is C[C@@H](NC(=O)CN=NN=C(N)C(F)(F)F)[C@H]1C(=O)N2C(C(=O)O)=C(S[C@@H]3CN[C@H](C(=O)N(C)C)C3)[C@H](C)[C@H]12. The molecule has 0 aromatic heterocycles. The summed E-state index contributed by atoms with van der Waals surface area (Å²) in [5.41, 5.74) is 4.59. The van der Waals surface area contributed by atoms with Crippen LogP contribution in [0.25, 0.3) is 0 Å². The minimum Gasteiger partial charge on any atom is -0.477 e. The number of thioether (sulfide) groups is 1. The molecule has 6 atom stereocenters. The van der Waals surface area contributed by atoms with Crippen molar-refractivity contribution in [3.63, 3.8) is 0 Å². The van der Waals surface area contributed by atoms with Crippen molar-refractivity contribution in [1.82, 2.24) is 20.4 Å². The molecule has 0 aliphatic carbocycles. The predicted octanol–water partition coefficient (Wildman–Crippen LogP) is 0.103. The van der Waals surface area contributed by atoms with E-state index >= 15 is 0 Å². The van der Waals surface area contributed by atoms with E-state index in [2.05, 4.69) is 31.8 Å². The third-order valence-corrected chi connectivity index (χ3v) is 8.07. The zero-order valence-electron chi connectivity index (χ0n) is 21.0. The maximum Gasteiger partial charge on any atom is 0.450 e. The number of halogens is 3. The van der Waals surface area contributed by atoms with Gasteiger partial charge in [-0.15, -0.1) is 16.9 Å². The van der Waals surface area contributed by atoms with Crippen molar-refractivity contribution < 1.29 is 37.5 Å². The highest BCUT2D eigenvalue weighted by Gasteiger charge is 2.60. The lowest BCUT2D eigenvalue weighted by atomic mass is 9.78. The number of alkyl halides is 3. The second-order valence-corrected chi connectivity index (χ2v) is 10.8. The highest BCUT2D eigenvalue weighted by Crippen LogP contribution is 2.51. The molecule has 210 valence electrons. The summed E-state index contributed by atoms with van der Waals surface area (Å²) >= 11 is 1.34. The first-order valence-electron chi connectivity index (χ1n) is 11.6. The topological polar surface area (TPSA) is 182 Å². The quantitative estimate of drug-likeness (QED) is 0.100. The van der Waals surface area contributed by atoms with Crippen LogP contribution in [-0.4, -0.2) is 101 Å². The number of β-lactam (4-membered cyclic amide) rings is 1. The Morgan fingerprint density at radius 3 is 2.58 bits per heavy atom. The molecule has 0 radical (unpaired) electrons. The van der Waals surface area contributed by atoms with Crippen molar-refractivity contribution in [2.75, 3.05) is 27.2 Å². The number of likely N-dealkylation sites (N-methyl/N-ethyl adjacent to an activating group) is 1. The van der Waals surface area contributed by atoms with Gasteiger partial charge in [-0.3, -0.25) is 14.4 Å². The number of carbonyl (C=O) groups excluding carboxylic acids is 3. The molecule has 17 heteroatoms. The molecule has 38 heavy (non-hydrogen) atoms. The number of nitrogens with zero attached hydrogens (tertiary/aromatic N) is 5. The van der Waals surface area contributed by atoms with Crippen molar-refractivity contribution in [1.29, 1.82) is 0 Å². The molecule has 0 bridgehead atoms. The van der Waals surface area contributed by atoms with E-state index in [0.29, 0.717) is 17.9 Å². The van der Waals surface area contributed by atoms with Gasteiger partial charge in [-0.2, -0.15) is 18.3 Å². The molecule has 0 aromatic rings. The molecule has 3 heterocycles. The summed E-state index contributed by atoms with van der Waals surface area (Å²) in [6, 6.07) is -1.59. The summed E-state index contributed by atoms with van der Waals surface area (Å²) in [6.07, 6.45) is -4.36. The highest BCUT2D eigenvalue weighted by atomic mass is 32.2. The van der Waals surface area contributed by atoms with Gasteiger partial charge in [-0.05, 0) is 18.6 Å². The van der Waals surface area contributed by atoms with Gasteiger partial charge in [-0.25, -0.2) is 4.79 Å². The van der Waals surface area contributed by atoms with Crippen LogP contribution in [0.4, 0.5) is 13.2 Å². The number of nitrogens with two attached hydrogens (primary N) is 1.